The van der Waals surface area contributed by atoms with Gasteiger partial charge in [-0.15, -0.1) is 22.1 Å². The summed E-state index contributed by atoms with van der Waals surface area (Å²) < 4.78 is 0. The number of Topliss-reactive ketones (excluding diaryl/α,β-unsaturated/α-hetero) is 1. The average Bonchev–Trinajstić information content (AvgIpc) is 3.68. The first kappa shape index (κ1) is 32.3. The maximum Gasteiger partial charge on any atom is 2.00 e. The third-order valence-electron chi connectivity index (χ3n) is 9.82. The molecule has 8 bridgehead atoms. The Morgan fingerprint density at radius 2 is 1.52 bits per heavy atom. The Morgan fingerprint density at radius 1 is 0.909 bits per heavy atom. The maximum atomic E-state index is 13.8. The summed E-state index contributed by atoms with van der Waals surface area (Å²) in [6.07, 6.45) is -0.318. The fourth-order valence-electron chi connectivity index (χ4n) is 7.30. The molecule has 5 heterocycles. The summed E-state index contributed by atoms with van der Waals surface area (Å²) in [4.78, 5) is 33.8. The Kier molecular flexibility index (Phi) is 8.81. The predicted octanol–water partition coefficient (Wildman–Crippen LogP) is 4.70. The number of fused-ring (bicyclic) bond motifs is 8. The summed E-state index contributed by atoms with van der Waals surface area (Å²) in [6.45, 7) is 14.2. The molecule has 5 atom stereocenters. The monoisotopic (exact) mass is 645 g/mol. The van der Waals surface area contributed by atoms with Crippen molar-refractivity contribution in [3.63, 3.8) is 0 Å². The molecule has 3 aliphatic rings. The maximum absolute atomic E-state index is 13.8. The third kappa shape index (κ3) is 4.98. The molecule has 1 aliphatic carbocycles. The molecule has 1 radical (unpaired) electrons. The summed E-state index contributed by atoms with van der Waals surface area (Å²) in [7, 11) is 0. The second-order valence-corrected chi connectivity index (χ2v) is 12.2. The van der Waals surface area contributed by atoms with Crippen LogP contribution >= 0.6 is 0 Å². The molecule has 0 fully saturated rings. The molecule has 3 aromatic rings. The molecule has 9 nitrogen and oxygen atoms in total. The van der Waals surface area contributed by atoms with Crippen LogP contribution in [0.2, 0.25) is 0 Å². The SMILES string of the molecule is C=Cc1c(C)c2cc3nc(c4c5[n-]c(cc6nc(cc1[n-]2)C(C)C6CC)c(C)c5C(=O)C4C(O)O)C(CCC(O)O)C3C.[Cu+2]. The van der Waals surface area contributed by atoms with Gasteiger partial charge in [0, 0.05) is 52.0 Å². The van der Waals surface area contributed by atoms with Crippen LogP contribution in [0.15, 0.2) is 24.8 Å². The van der Waals surface area contributed by atoms with Crippen LogP contribution in [0.1, 0.15) is 125 Å². The number of rotatable bonds is 6. The van der Waals surface area contributed by atoms with Gasteiger partial charge < -0.3 is 30.4 Å². The number of aliphatic hydroxyl groups is 4. The fourth-order valence-corrected chi connectivity index (χ4v) is 7.30. The third-order valence-corrected chi connectivity index (χ3v) is 9.82. The van der Waals surface area contributed by atoms with E-state index in [2.05, 4.69) is 20.4 Å². The van der Waals surface area contributed by atoms with E-state index in [1.807, 2.05) is 45.0 Å². The van der Waals surface area contributed by atoms with Crippen LogP contribution in [0.25, 0.3) is 28.1 Å². The van der Waals surface area contributed by atoms with Crippen LogP contribution in [-0.4, -0.2) is 48.8 Å². The van der Waals surface area contributed by atoms with Crippen LogP contribution < -0.4 is 9.97 Å². The molecule has 6 rings (SSSR count). The molecule has 235 valence electrons. The van der Waals surface area contributed by atoms with E-state index in [0.29, 0.717) is 45.5 Å². The first-order valence-electron chi connectivity index (χ1n) is 15.0. The van der Waals surface area contributed by atoms with Crippen LogP contribution in [0.4, 0.5) is 0 Å². The van der Waals surface area contributed by atoms with E-state index in [0.717, 1.165) is 40.0 Å². The number of aryl methyl sites for hydroxylation is 2. The normalized spacial score (nSPS) is 22.6. The summed E-state index contributed by atoms with van der Waals surface area (Å²) in [6, 6.07) is 5.93. The van der Waals surface area contributed by atoms with Crippen molar-refractivity contribution in [1.82, 2.24) is 19.9 Å². The zero-order chi connectivity index (χ0) is 30.9. The quantitative estimate of drug-likeness (QED) is 0.221. The Morgan fingerprint density at radius 3 is 2.16 bits per heavy atom. The van der Waals surface area contributed by atoms with Crippen molar-refractivity contribution in [2.45, 2.75) is 96.1 Å². The first-order chi connectivity index (χ1) is 20.5. The molecule has 0 aromatic carbocycles. The molecule has 3 aromatic heterocycles. The van der Waals surface area contributed by atoms with Gasteiger partial charge in [-0.05, 0) is 44.2 Å². The van der Waals surface area contributed by atoms with Gasteiger partial charge >= 0.3 is 17.1 Å². The second kappa shape index (κ2) is 12.0. The Bertz CT molecular complexity index is 1810. The predicted molar refractivity (Wildman–Crippen MR) is 164 cm³/mol. The smallest absolute Gasteiger partial charge is 0.657 e. The number of aliphatic hydroxyl groups excluding tert-OH is 2. The van der Waals surface area contributed by atoms with Gasteiger partial charge in [-0.25, -0.2) is 0 Å². The van der Waals surface area contributed by atoms with Crippen molar-refractivity contribution in [3.8, 4) is 0 Å². The molecule has 10 heteroatoms. The van der Waals surface area contributed by atoms with Crippen molar-refractivity contribution in [1.29, 1.82) is 0 Å². The number of hydrogen-bond donors (Lipinski definition) is 4. The number of ketones is 1. The van der Waals surface area contributed by atoms with Crippen LogP contribution in [0.5, 0.6) is 0 Å². The largest absolute Gasteiger partial charge is 2.00 e. The van der Waals surface area contributed by atoms with E-state index in [9.17, 15) is 25.2 Å². The molecule has 44 heavy (non-hydrogen) atoms. The van der Waals surface area contributed by atoms with E-state index in [1.165, 1.54) is 0 Å². The van der Waals surface area contributed by atoms with Crippen LogP contribution in [0.3, 0.4) is 0 Å². The number of aromatic nitrogens is 4. The molecule has 0 saturated carbocycles. The van der Waals surface area contributed by atoms with Gasteiger partial charge in [-0.2, -0.15) is 0 Å². The molecule has 4 N–H and O–H groups in total. The Balaban J connectivity index is 0.00000384. The molecular formula is C34H38CuN4O5. The molecular weight excluding hydrogens is 608 g/mol. The first-order valence-corrected chi connectivity index (χ1v) is 15.0. The van der Waals surface area contributed by atoms with Crippen LogP contribution in [0, 0.1) is 13.8 Å². The molecule has 2 aliphatic heterocycles. The van der Waals surface area contributed by atoms with E-state index >= 15 is 0 Å². The number of hydrogen-bond acceptors (Lipinski definition) is 7. The van der Waals surface area contributed by atoms with Crippen molar-refractivity contribution in [2.75, 3.05) is 0 Å². The number of carbonyl (C=O) groups is 1. The molecule has 0 saturated heterocycles. The summed E-state index contributed by atoms with van der Waals surface area (Å²) in [5.74, 6) is -1.83. The molecule has 0 amide bonds. The zero-order valence-corrected chi connectivity index (χ0v) is 26.4. The topological polar surface area (TPSA) is 152 Å². The van der Waals surface area contributed by atoms with Crippen molar-refractivity contribution >= 4 is 33.9 Å². The Labute approximate surface area is 267 Å². The van der Waals surface area contributed by atoms with Gasteiger partial charge in [0.2, 0.25) is 0 Å². The van der Waals surface area contributed by atoms with Gasteiger partial charge in [0.15, 0.2) is 18.4 Å². The minimum atomic E-state index is -1.95. The van der Waals surface area contributed by atoms with Crippen molar-refractivity contribution < 1.29 is 42.3 Å². The zero-order valence-electron chi connectivity index (χ0n) is 25.5. The minimum Gasteiger partial charge on any atom is -0.657 e. The average molecular weight is 646 g/mol. The minimum absolute atomic E-state index is 0. The van der Waals surface area contributed by atoms with Gasteiger partial charge in [0.1, 0.15) is 0 Å². The fraction of sp³-hybridized carbons (Fsp3) is 0.441. The number of carbonyl (C=O) groups excluding carboxylic acids is 1. The summed E-state index contributed by atoms with van der Waals surface area (Å²) in [5, 5.41) is 40.5. The van der Waals surface area contributed by atoms with Gasteiger partial charge in [-0.3, -0.25) is 14.8 Å². The van der Waals surface area contributed by atoms with E-state index < -0.39 is 24.3 Å². The van der Waals surface area contributed by atoms with Gasteiger partial charge in [0.05, 0.1) is 5.92 Å². The van der Waals surface area contributed by atoms with Crippen LogP contribution in [-0.2, 0) is 17.1 Å². The summed E-state index contributed by atoms with van der Waals surface area (Å²) in [5.41, 5.74) is 8.93. The standard InChI is InChI=1S/C34H39N4O5.Cu/c1-7-18-14(3)21-11-23-16(5)20(9-10-27(39)40)31(37-23)29-30(34(42)43)33(41)28-17(6)24(38-32(28)29)13-26-19(8-2)15(4)22(36-26)12-25(18)35-21;/h7,11-13,15-16,19-20,27,30,34,39-40,42-43H,1,8-10H2,2-6H3,(H-,35,36,37,38,41);/q-1;+2/p-1. The molecule has 5 unspecified atom stereocenters. The Hall–Kier alpha value is -3.11. The molecule has 0 spiro atoms. The van der Waals surface area contributed by atoms with E-state index in [4.69, 9.17) is 19.9 Å². The van der Waals surface area contributed by atoms with E-state index in [1.54, 1.807) is 0 Å². The van der Waals surface area contributed by atoms with Crippen molar-refractivity contribution in [2.24, 2.45) is 0 Å². The number of nitrogens with zero attached hydrogens (tertiary/aromatic N) is 4. The van der Waals surface area contributed by atoms with Gasteiger partial charge in [0.25, 0.3) is 0 Å². The van der Waals surface area contributed by atoms with E-state index in [-0.39, 0.29) is 47.2 Å². The second-order valence-electron chi connectivity index (χ2n) is 12.2. The summed E-state index contributed by atoms with van der Waals surface area (Å²) >= 11 is 0. The van der Waals surface area contributed by atoms with Gasteiger partial charge in [-0.1, -0.05) is 62.8 Å². The van der Waals surface area contributed by atoms with Crippen molar-refractivity contribution in [3.05, 3.63) is 75.4 Å².